The van der Waals surface area contributed by atoms with Crippen molar-refractivity contribution < 1.29 is 38.8 Å². The van der Waals surface area contributed by atoms with E-state index >= 15 is 0 Å². The van der Waals surface area contributed by atoms with Crippen molar-refractivity contribution in [1.29, 1.82) is 0 Å². The maximum Gasteiger partial charge on any atom is 0.344 e. The van der Waals surface area contributed by atoms with Gasteiger partial charge in [-0.25, -0.2) is 14.6 Å². The first kappa shape index (κ1) is 31.6. The molecule has 0 aromatic heterocycles. The summed E-state index contributed by atoms with van der Waals surface area (Å²) in [5.74, 6) is -1.82. The number of thioether (sulfide) groups is 1. The number of rotatable bonds is 10. The number of halogens is 1. The summed E-state index contributed by atoms with van der Waals surface area (Å²) in [6, 6.07) is 16.8. The molecule has 0 spiro atoms. The van der Waals surface area contributed by atoms with Gasteiger partial charge in [-0.05, 0) is 73.9 Å². The lowest BCUT2D eigenvalue weighted by atomic mass is 10.1. The van der Waals surface area contributed by atoms with Crippen molar-refractivity contribution in [3.8, 4) is 11.5 Å². The Kier molecular flexibility index (Phi) is 10.4. The number of carboxylic acids is 1. The van der Waals surface area contributed by atoms with Crippen molar-refractivity contribution in [2.75, 3.05) is 13.2 Å². The highest BCUT2D eigenvalue weighted by molar-refractivity contribution is 9.10. The molecule has 0 fully saturated rings. The molecular weight excluding hydrogens is 638 g/mol. The Labute approximate surface area is 261 Å². The number of carboxylic acid groups (broad SMARTS) is 1. The Balaban J connectivity index is 1.66. The molecule has 11 heteroatoms. The summed E-state index contributed by atoms with van der Waals surface area (Å²) in [5, 5.41) is 20.2. The number of aryl methyl sites for hydroxylation is 1. The minimum Gasteiger partial charge on any atom is -0.506 e. The van der Waals surface area contributed by atoms with Crippen LogP contribution in [0.15, 0.2) is 86.4 Å². The highest BCUT2D eigenvalue weighted by atomic mass is 79.9. The first-order valence-electron chi connectivity index (χ1n) is 13.2. The molecule has 0 aliphatic carbocycles. The third-order valence-corrected chi connectivity index (χ3v) is 7.90. The fourth-order valence-corrected chi connectivity index (χ4v) is 5.49. The molecule has 1 heterocycles. The van der Waals surface area contributed by atoms with Crippen molar-refractivity contribution in [3.05, 3.63) is 109 Å². The zero-order chi connectivity index (χ0) is 31.1. The molecule has 0 atom stereocenters. The summed E-state index contributed by atoms with van der Waals surface area (Å²) in [5.41, 5.74) is 2.48. The zero-order valence-corrected chi connectivity index (χ0v) is 26.0. The Bertz CT molecular complexity index is 1660. The average molecular weight is 667 g/mol. The van der Waals surface area contributed by atoms with Gasteiger partial charge in [-0.1, -0.05) is 58.0 Å². The van der Waals surface area contributed by atoms with Crippen LogP contribution in [-0.2, 0) is 16.1 Å². The molecule has 0 bridgehead atoms. The molecule has 0 saturated carbocycles. The van der Waals surface area contributed by atoms with E-state index in [9.17, 15) is 19.5 Å². The van der Waals surface area contributed by atoms with Gasteiger partial charge in [0.2, 0.25) is 0 Å². The van der Waals surface area contributed by atoms with Crippen LogP contribution in [0.3, 0.4) is 0 Å². The molecule has 222 valence electrons. The van der Waals surface area contributed by atoms with Gasteiger partial charge in [0.15, 0.2) is 11.5 Å². The number of hydrogen-bond acceptors (Lipinski definition) is 8. The molecule has 0 saturated heterocycles. The summed E-state index contributed by atoms with van der Waals surface area (Å²) in [4.78, 5) is 41.4. The predicted octanol–water partition coefficient (Wildman–Crippen LogP) is 7.14. The first-order chi connectivity index (χ1) is 20.6. The summed E-state index contributed by atoms with van der Waals surface area (Å²) < 4.78 is 17.5. The Morgan fingerprint density at radius 1 is 0.977 bits per heavy atom. The van der Waals surface area contributed by atoms with Crippen molar-refractivity contribution in [1.82, 2.24) is 0 Å². The van der Waals surface area contributed by atoms with E-state index in [2.05, 4.69) is 20.9 Å². The highest BCUT2D eigenvalue weighted by Gasteiger charge is 2.34. The van der Waals surface area contributed by atoms with E-state index in [0.29, 0.717) is 33.7 Å². The summed E-state index contributed by atoms with van der Waals surface area (Å²) in [7, 11) is 0. The number of aliphatic hydroxyl groups excluding tert-OH is 1. The van der Waals surface area contributed by atoms with Crippen LogP contribution in [0.5, 0.6) is 11.5 Å². The van der Waals surface area contributed by atoms with Crippen molar-refractivity contribution >= 4 is 56.7 Å². The van der Waals surface area contributed by atoms with Gasteiger partial charge in [0.25, 0.3) is 5.91 Å². The molecular formula is C32H28BrNO8S. The Morgan fingerprint density at radius 3 is 2.33 bits per heavy atom. The molecule has 9 nitrogen and oxygen atoms in total. The van der Waals surface area contributed by atoms with Crippen LogP contribution in [0.2, 0.25) is 0 Å². The van der Waals surface area contributed by atoms with Crippen molar-refractivity contribution in [2.45, 2.75) is 27.4 Å². The maximum atomic E-state index is 13.0. The fourth-order valence-electron chi connectivity index (χ4n) is 4.05. The standard InChI is InChI=1S/C32H28BrNO8S/c1-4-40-24-14-21(23(33)16-25(24)42-17-19-10-12-20(13-11-19)31(37)38)15-26-28(35)27(32(39)41-5-2)30(43-26)34-29(36)22-9-7-6-8-18(22)3/h6-16,35H,4-5,17H2,1-3H3,(H,37,38)/b26-15-,34-30?. The predicted molar refractivity (Wildman–Crippen MR) is 168 cm³/mol. The number of carbonyl (C=O) groups is 3. The SMILES string of the molecule is CCOC(=O)C1=C(O)/C(=C/c2cc(OCC)c(OCc3ccc(C(=O)O)cc3)cc2Br)SC1=NC(=O)c1ccccc1C. The van der Waals surface area contributed by atoms with Crippen LogP contribution < -0.4 is 9.47 Å². The van der Waals surface area contributed by atoms with E-state index in [0.717, 1.165) is 22.9 Å². The van der Waals surface area contributed by atoms with Gasteiger partial charge in [0.05, 0.1) is 23.7 Å². The monoisotopic (exact) mass is 665 g/mol. The Morgan fingerprint density at radius 2 is 1.67 bits per heavy atom. The molecule has 0 radical (unpaired) electrons. The van der Waals surface area contributed by atoms with Crippen LogP contribution in [0.1, 0.15) is 51.3 Å². The molecule has 43 heavy (non-hydrogen) atoms. The topological polar surface area (TPSA) is 132 Å². The van der Waals surface area contributed by atoms with Gasteiger partial charge < -0.3 is 24.4 Å². The van der Waals surface area contributed by atoms with Crippen LogP contribution in [0.25, 0.3) is 6.08 Å². The first-order valence-corrected chi connectivity index (χ1v) is 14.8. The number of nitrogens with zero attached hydrogens (tertiary/aromatic N) is 1. The van der Waals surface area contributed by atoms with E-state index in [1.165, 1.54) is 12.1 Å². The van der Waals surface area contributed by atoms with Gasteiger partial charge in [0, 0.05) is 10.0 Å². The highest BCUT2D eigenvalue weighted by Crippen LogP contribution is 2.42. The van der Waals surface area contributed by atoms with E-state index in [4.69, 9.17) is 19.3 Å². The molecule has 1 amide bonds. The van der Waals surface area contributed by atoms with Gasteiger partial charge in [-0.15, -0.1) is 0 Å². The van der Waals surface area contributed by atoms with Crippen molar-refractivity contribution in [3.63, 3.8) is 0 Å². The number of aromatic carboxylic acids is 1. The van der Waals surface area contributed by atoms with Crippen molar-refractivity contribution in [2.24, 2.45) is 4.99 Å². The lowest BCUT2D eigenvalue weighted by molar-refractivity contribution is -0.138. The summed E-state index contributed by atoms with van der Waals surface area (Å²) in [6.07, 6.45) is 1.64. The maximum absolute atomic E-state index is 13.0. The lowest BCUT2D eigenvalue weighted by Gasteiger charge is -2.14. The number of amides is 1. The van der Waals surface area contributed by atoms with Crippen LogP contribution >= 0.6 is 27.7 Å². The number of aliphatic hydroxyl groups is 1. The van der Waals surface area contributed by atoms with Crippen LogP contribution in [0.4, 0.5) is 0 Å². The minimum absolute atomic E-state index is 0.0328. The smallest absolute Gasteiger partial charge is 0.344 e. The van der Waals surface area contributed by atoms with Gasteiger partial charge in [-0.3, -0.25) is 4.79 Å². The van der Waals surface area contributed by atoms with E-state index in [-0.39, 0.29) is 40.1 Å². The number of hydrogen-bond donors (Lipinski definition) is 2. The minimum atomic E-state index is -1.01. The number of benzene rings is 3. The molecule has 2 N–H and O–H groups in total. The molecule has 3 aromatic rings. The Hall–Kier alpha value is -4.35. The lowest BCUT2D eigenvalue weighted by Crippen LogP contribution is -2.14. The number of ether oxygens (including phenoxy) is 3. The largest absolute Gasteiger partial charge is 0.506 e. The second-order valence-electron chi connectivity index (χ2n) is 9.14. The van der Waals surface area contributed by atoms with Gasteiger partial charge in [-0.2, -0.15) is 0 Å². The molecule has 0 unspecified atom stereocenters. The third kappa shape index (κ3) is 7.54. The molecule has 4 rings (SSSR count). The van der Waals surface area contributed by atoms with E-state index < -0.39 is 17.8 Å². The number of esters is 1. The van der Waals surface area contributed by atoms with Gasteiger partial charge >= 0.3 is 11.9 Å². The number of carbonyl (C=O) groups excluding carboxylic acids is 2. The second-order valence-corrected chi connectivity index (χ2v) is 11.0. The zero-order valence-electron chi connectivity index (χ0n) is 23.5. The number of aliphatic imine (C=N–C) groups is 1. The molecule has 1 aliphatic heterocycles. The molecule has 1 aliphatic rings. The summed E-state index contributed by atoms with van der Waals surface area (Å²) >= 11 is 4.52. The fraction of sp³-hybridized carbons (Fsp3) is 0.188. The van der Waals surface area contributed by atoms with E-state index in [1.807, 2.05) is 13.0 Å². The third-order valence-electron chi connectivity index (χ3n) is 6.19. The van der Waals surface area contributed by atoms with Crippen LogP contribution in [0, 0.1) is 6.92 Å². The normalized spacial score (nSPS) is 14.7. The van der Waals surface area contributed by atoms with Gasteiger partial charge in [0.1, 0.15) is 23.0 Å². The van der Waals surface area contributed by atoms with Crippen LogP contribution in [-0.4, -0.2) is 46.3 Å². The average Bonchev–Trinajstić information content (AvgIpc) is 3.28. The second kappa shape index (κ2) is 14.2. The van der Waals surface area contributed by atoms with E-state index in [1.54, 1.807) is 62.4 Å². The quantitative estimate of drug-likeness (QED) is 0.217. The summed E-state index contributed by atoms with van der Waals surface area (Å²) in [6.45, 7) is 5.86. The molecule has 3 aromatic carbocycles.